The van der Waals surface area contributed by atoms with Crippen molar-refractivity contribution in [3.63, 3.8) is 0 Å². The Kier molecular flexibility index (Phi) is 5.15. The number of carbonyl (C=O) groups is 1. The van der Waals surface area contributed by atoms with Gasteiger partial charge in [0.25, 0.3) is 0 Å². The van der Waals surface area contributed by atoms with Gasteiger partial charge < -0.3 is 10.2 Å². The van der Waals surface area contributed by atoms with Crippen LogP contribution in [0.1, 0.15) is 32.0 Å². The van der Waals surface area contributed by atoms with Gasteiger partial charge in [-0.15, -0.1) is 0 Å². The number of H-pyrrole nitrogens is 1. The van der Waals surface area contributed by atoms with Crippen molar-refractivity contribution in [2.75, 3.05) is 13.1 Å². The average Bonchev–Trinajstić information content (AvgIpc) is 2.73. The third kappa shape index (κ3) is 3.56. The molecule has 17 heavy (non-hydrogen) atoms. The largest absolute Gasteiger partial charge is 0.342 e. The summed E-state index contributed by atoms with van der Waals surface area (Å²) in [6.45, 7) is 10.0. The first-order valence-electron chi connectivity index (χ1n) is 6.11. The maximum atomic E-state index is 12.0. The van der Waals surface area contributed by atoms with E-state index in [1.54, 1.807) is 6.20 Å². The lowest BCUT2D eigenvalue weighted by Gasteiger charge is -2.23. The van der Waals surface area contributed by atoms with E-state index in [2.05, 4.69) is 15.5 Å². The topological polar surface area (TPSA) is 61.0 Å². The monoisotopic (exact) mass is 238 g/mol. The SMILES string of the molecule is CCN(CC)C(=O)C(C)NCc1cn[nH]c1C. The molecule has 5 heteroatoms. The van der Waals surface area contributed by atoms with E-state index in [0.717, 1.165) is 24.3 Å². The Labute approximate surface area is 103 Å². The van der Waals surface area contributed by atoms with Gasteiger partial charge in [-0.25, -0.2) is 0 Å². The van der Waals surface area contributed by atoms with Gasteiger partial charge in [-0.05, 0) is 27.7 Å². The molecule has 5 nitrogen and oxygen atoms in total. The molecule has 0 saturated carbocycles. The Morgan fingerprint density at radius 1 is 1.53 bits per heavy atom. The fraction of sp³-hybridized carbons (Fsp3) is 0.667. The third-order valence-corrected chi connectivity index (χ3v) is 2.98. The van der Waals surface area contributed by atoms with Crippen LogP contribution in [-0.2, 0) is 11.3 Å². The fourth-order valence-corrected chi connectivity index (χ4v) is 1.71. The highest BCUT2D eigenvalue weighted by Crippen LogP contribution is 2.03. The van der Waals surface area contributed by atoms with Crippen LogP contribution >= 0.6 is 0 Å². The van der Waals surface area contributed by atoms with E-state index in [0.29, 0.717) is 6.54 Å². The van der Waals surface area contributed by atoms with Gasteiger partial charge >= 0.3 is 0 Å². The number of hydrogen-bond acceptors (Lipinski definition) is 3. The first-order valence-corrected chi connectivity index (χ1v) is 6.11. The lowest BCUT2D eigenvalue weighted by atomic mass is 10.2. The van der Waals surface area contributed by atoms with Gasteiger partial charge in [0.2, 0.25) is 5.91 Å². The van der Waals surface area contributed by atoms with E-state index in [4.69, 9.17) is 0 Å². The van der Waals surface area contributed by atoms with Crippen molar-refractivity contribution in [2.45, 2.75) is 40.3 Å². The molecule has 0 spiro atoms. The maximum absolute atomic E-state index is 12.0. The van der Waals surface area contributed by atoms with Crippen molar-refractivity contribution >= 4 is 5.91 Å². The number of nitrogens with zero attached hydrogens (tertiary/aromatic N) is 2. The van der Waals surface area contributed by atoms with Gasteiger partial charge in [0.05, 0.1) is 12.2 Å². The fourth-order valence-electron chi connectivity index (χ4n) is 1.71. The zero-order valence-corrected chi connectivity index (χ0v) is 11.1. The molecule has 0 aromatic carbocycles. The molecule has 1 heterocycles. The Bertz CT molecular complexity index is 357. The van der Waals surface area contributed by atoms with Gasteiger partial charge in [-0.1, -0.05) is 0 Å². The van der Waals surface area contributed by atoms with E-state index >= 15 is 0 Å². The van der Waals surface area contributed by atoms with Crippen LogP contribution < -0.4 is 5.32 Å². The van der Waals surface area contributed by atoms with Crippen LogP contribution in [0, 0.1) is 6.92 Å². The molecule has 0 saturated heterocycles. The van der Waals surface area contributed by atoms with E-state index < -0.39 is 0 Å². The second kappa shape index (κ2) is 6.39. The normalized spacial score (nSPS) is 12.5. The smallest absolute Gasteiger partial charge is 0.239 e. The van der Waals surface area contributed by atoms with Gasteiger partial charge in [0.1, 0.15) is 0 Å². The van der Waals surface area contributed by atoms with Crippen LogP contribution in [0.4, 0.5) is 0 Å². The molecular weight excluding hydrogens is 216 g/mol. The maximum Gasteiger partial charge on any atom is 0.239 e. The Hall–Kier alpha value is -1.36. The number of carbonyl (C=O) groups excluding carboxylic acids is 1. The summed E-state index contributed by atoms with van der Waals surface area (Å²) in [7, 11) is 0. The quantitative estimate of drug-likeness (QED) is 0.779. The number of aromatic amines is 1. The number of aromatic nitrogens is 2. The standard InChI is InChI=1S/C12H22N4O/c1-5-16(6-2)12(17)10(4)13-7-11-8-14-15-9(11)3/h8,10,13H,5-7H2,1-4H3,(H,14,15). The molecule has 1 unspecified atom stereocenters. The average molecular weight is 238 g/mol. The van der Waals surface area contributed by atoms with Gasteiger partial charge in [-0.2, -0.15) is 5.10 Å². The molecule has 0 radical (unpaired) electrons. The number of nitrogens with one attached hydrogen (secondary N) is 2. The first-order chi connectivity index (χ1) is 8.10. The van der Waals surface area contributed by atoms with Crippen LogP contribution in [0.15, 0.2) is 6.20 Å². The first kappa shape index (κ1) is 13.7. The summed E-state index contributed by atoms with van der Waals surface area (Å²) < 4.78 is 0. The van der Waals surface area contributed by atoms with Gasteiger partial charge in [0.15, 0.2) is 0 Å². The zero-order chi connectivity index (χ0) is 12.8. The van der Waals surface area contributed by atoms with Crippen LogP contribution in [0.5, 0.6) is 0 Å². The van der Waals surface area contributed by atoms with Gasteiger partial charge in [-0.3, -0.25) is 9.89 Å². The highest BCUT2D eigenvalue weighted by atomic mass is 16.2. The van der Waals surface area contributed by atoms with Crippen molar-refractivity contribution in [3.05, 3.63) is 17.5 Å². The molecule has 1 aromatic heterocycles. The van der Waals surface area contributed by atoms with Crippen LogP contribution in [0.2, 0.25) is 0 Å². The minimum absolute atomic E-state index is 0.149. The summed E-state index contributed by atoms with van der Waals surface area (Å²) in [4.78, 5) is 13.8. The summed E-state index contributed by atoms with van der Waals surface area (Å²) in [6.07, 6.45) is 1.79. The summed E-state index contributed by atoms with van der Waals surface area (Å²) in [5.41, 5.74) is 2.14. The Balaban J connectivity index is 2.47. The minimum atomic E-state index is -0.163. The highest BCUT2D eigenvalue weighted by Gasteiger charge is 2.17. The Morgan fingerprint density at radius 3 is 2.65 bits per heavy atom. The van der Waals surface area contributed by atoms with Crippen molar-refractivity contribution < 1.29 is 4.79 Å². The molecule has 1 aromatic rings. The summed E-state index contributed by atoms with van der Waals surface area (Å²) in [5.74, 6) is 0.149. The van der Waals surface area contributed by atoms with Crippen molar-refractivity contribution in [2.24, 2.45) is 0 Å². The predicted molar refractivity (Wildman–Crippen MR) is 67.6 cm³/mol. The molecule has 1 rings (SSSR count). The number of likely N-dealkylation sites (N-methyl/N-ethyl adjacent to an activating group) is 1. The molecule has 2 N–H and O–H groups in total. The van der Waals surface area contributed by atoms with E-state index in [-0.39, 0.29) is 11.9 Å². The molecule has 1 amide bonds. The van der Waals surface area contributed by atoms with Gasteiger partial charge in [0, 0.05) is 30.9 Å². The number of aryl methyl sites for hydroxylation is 1. The van der Waals surface area contributed by atoms with Crippen molar-refractivity contribution in [1.82, 2.24) is 20.4 Å². The predicted octanol–water partition coefficient (Wildman–Crippen LogP) is 1.06. The van der Waals surface area contributed by atoms with E-state index in [9.17, 15) is 4.79 Å². The molecule has 0 aliphatic rings. The van der Waals surface area contributed by atoms with Crippen LogP contribution in [-0.4, -0.2) is 40.1 Å². The number of hydrogen-bond donors (Lipinski definition) is 2. The molecule has 96 valence electrons. The highest BCUT2D eigenvalue weighted by molar-refractivity contribution is 5.81. The summed E-state index contributed by atoms with van der Waals surface area (Å²) in [5, 5.41) is 10.1. The van der Waals surface area contributed by atoms with Crippen LogP contribution in [0.25, 0.3) is 0 Å². The minimum Gasteiger partial charge on any atom is -0.342 e. The molecule has 0 aliphatic carbocycles. The molecule has 0 fully saturated rings. The second-order valence-electron chi connectivity index (χ2n) is 4.13. The summed E-state index contributed by atoms with van der Waals surface area (Å²) >= 11 is 0. The van der Waals surface area contributed by atoms with E-state index in [1.807, 2.05) is 32.6 Å². The number of amides is 1. The van der Waals surface area contributed by atoms with Crippen molar-refractivity contribution in [3.8, 4) is 0 Å². The molecular formula is C12H22N4O. The second-order valence-corrected chi connectivity index (χ2v) is 4.13. The summed E-state index contributed by atoms with van der Waals surface area (Å²) in [6, 6.07) is -0.163. The lowest BCUT2D eigenvalue weighted by molar-refractivity contribution is -0.132. The third-order valence-electron chi connectivity index (χ3n) is 2.98. The zero-order valence-electron chi connectivity index (χ0n) is 11.1. The molecule has 0 aliphatic heterocycles. The van der Waals surface area contributed by atoms with Crippen LogP contribution in [0.3, 0.4) is 0 Å². The number of rotatable bonds is 6. The lowest BCUT2D eigenvalue weighted by Crippen LogP contribution is -2.44. The van der Waals surface area contributed by atoms with E-state index in [1.165, 1.54) is 0 Å². The van der Waals surface area contributed by atoms with Crippen molar-refractivity contribution in [1.29, 1.82) is 0 Å². The molecule has 0 bridgehead atoms. The molecule has 1 atom stereocenters. The Morgan fingerprint density at radius 2 is 2.18 bits per heavy atom.